The highest BCUT2D eigenvalue weighted by Gasteiger charge is 2.40. The van der Waals surface area contributed by atoms with Crippen LogP contribution >= 0.6 is 0 Å². The predicted octanol–water partition coefficient (Wildman–Crippen LogP) is 4.41. The summed E-state index contributed by atoms with van der Waals surface area (Å²) in [5.41, 5.74) is 0.581. The lowest BCUT2D eigenvalue weighted by molar-refractivity contribution is -0.140. The van der Waals surface area contributed by atoms with Crippen molar-refractivity contribution in [2.24, 2.45) is 5.92 Å². The summed E-state index contributed by atoms with van der Waals surface area (Å²) in [5, 5.41) is 0. The first-order valence-electron chi connectivity index (χ1n) is 11.1. The number of halogens is 3. The molecule has 0 bridgehead atoms. The first-order valence-corrected chi connectivity index (χ1v) is 11.1. The molecule has 2 aliphatic rings. The molecule has 0 radical (unpaired) electrons. The first-order chi connectivity index (χ1) is 15.8. The smallest absolute Gasteiger partial charge is 0.416 e. The van der Waals surface area contributed by atoms with E-state index in [-0.39, 0.29) is 29.3 Å². The second-order valence-corrected chi connectivity index (χ2v) is 8.67. The number of ether oxygens (including phenoxy) is 1. The van der Waals surface area contributed by atoms with Crippen molar-refractivity contribution in [3.8, 4) is 5.75 Å². The molecule has 0 saturated carbocycles. The number of piperidine rings is 2. The van der Waals surface area contributed by atoms with Gasteiger partial charge in [-0.25, -0.2) is 0 Å². The highest BCUT2D eigenvalue weighted by atomic mass is 19.4. The largest absolute Gasteiger partial charge is 0.497 e. The summed E-state index contributed by atoms with van der Waals surface area (Å²) >= 11 is 0. The van der Waals surface area contributed by atoms with Crippen molar-refractivity contribution >= 4 is 11.8 Å². The van der Waals surface area contributed by atoms with Gasteiger partial charge in [0.2, 0.25) is 5.91 Å². The number of carbonyl (C=O) groups is 2. The number of hydrogen-bond donors (Lipinski definition) is 0. The van der Waals surface area contributed by atoms with E-state index in [1.54, 1.807) is 12.0 Å². The van der Waals surface area contributed by atoms with Crippen LogP contribution in [-0.2, 0) is 17.4 Å². The minimum absolute atomic E-state index is 0.0773. The van der Waals surface area contributed by atoms with Gasteiger partial charge >= 0.3 is 6.18 Å². The Morgan fingerprint density at radius 3 is 2.58 bits per heavy atom. The quantitative estimate of drug-likeness (QED) is 0.664. The van der Waals surface area contributed by atoms with Crippen molar-refractivity contribution in [1.29, 1.82) is 0 Å². The van der Waals surface area contributed by atoms with Gasteiger partial charge in [-0.05, 0) is 67.1 Å². The first kappa shape index (κ1) is 23.1. The zero-order chi connectivity index (χ0) is 23.6. The van der Waals surface area contributed by atoms with E-state index in [0.717, 1.165) is 36.3 Å². The van der Waals surface area contributed by atoms with Crippen molar-refractivity contribution in [3.05, 3.63) is 65.2 Å². The fourth-order valence-corrected chi connectivity index (χ4v) is 4.89. The molecule has 8 heteroatoms. The normalized spacial score (nSPS) is 21.0. The van der Waals surface area contributed by atoms with Crippen LogP contribution < -0.4 is 4.74 Å². The van der Waals surface area contributed by atoms with Crippen molar-refractivity contribution in [1.82, 2.24) is 9.80 Å². The number of hydrogen-bond acceptors (Lipinski definition) is 3. The molecule has 2 saturated heterocycles. The lowest BCUT2D eigenvalue weighted by atomic mass is 9.83. The lowest BCUT2D eigenvalue weighted by Gasteiger charge is -2.47. The number of nitrogens with zero attached hydrogens (tertiary/aromatic N) is 2. The average Bonchev–Trinajstić information content (AvgIpc) is 2.82. The molecule has 0 unspecified atom stereocenters. The van der Waals surface area contributed by atoms with E-state index in [9.17, 15) is 22.8 Å². The van der Waals surface area contributed by atoms with E-state index in [0.29, 0.717) is 32.5 Å². The molecular formula is C25H27F3N2O3. The molecule has 0 aliphatic carbocycles. The van der Waals surface area contributed by atoms with Crippen molar-refractivity contribution in [3.63, 3.8) is 0 Å². The standard InChI is InChI=1S/C25H27F3N2O3/c1-33-21-4-2-3-17(15-21)11-14-30-22-12-13-29(16-19(22)7-10-23(30)31)24(32)18-5-8-20(9-6-18)25(26,27)28/h2-6,8-9,15,19,22H,7,10-14,16H2,1H3/t19-,22+/m1/s1. The Hall–Kier alpha value is -3.03. The van der Waals surface area contributed by atoms with Crippen LogP contribution in [0.4, 0.5) is 13.2 Å². The molecule has 2 fully saturated rings. The number of alkyl halides is 3. The Balaban J connectivity index is 1.39. The number of fused-ring (bicyclic) bond motifs is 1. The predicted molar refractivity (Wildman–Crippen MR) is 117 cm³/mol. The summed E-state index contributed by atoms with van der Waals surface area (Å²) in [5.74, 6) is 0.828. The molecule has 0 aromatic heterocycles. The van der Waals surface area contributed by atoms with Gasteiger partial charge in [-0.15, -0.1) is 0 Å². The van der Waals surface area contributed by atoms with Gasteiger partial charge in [0.1, 0.15) is 5.75 Å². The van der Waals surface area contributed by atoms with Crippen molar-refractivity contribution < 1.29 is 27.5 Å². The number of amides is 2. The summed E-state index contributed by atoms with van der Waals surface area (Å²) < 4.78 is 43.7. The number of carbonyl (C=O) groups excluding carboxylic acids is 2. The van der Waals surface area contributed by atoms with Crippen LogP contribution in [0.3, 0.4) is 0 Å². The van der Waals surface area contributed by atoms with Crippen LogP contribution in [0, 0.1) is 5.92 Å². The Morgan fingerprint density at radius 2 is 1.88 bits per heavy atom. The minimum Gasteiger partial charge on any atom is -0.497 e. The third-order valence-electron chi connectivity index (χ3n) is 6.67. The number of rotatable bonds is 5. The number of methoxy groups -OCH3 is 1. The van der Waals surface area contributed by atoms with Crippen LogP contribution in [0.2, 0.25) is 0 Å². The molecule has 2 heterocycles. The second kappa shape index (κ2) is 9.45. The summed E-state index contributed by atoms with van der Waals surface area (Å²) in [6, 6.07) is 12.2. The molecule has 176 valence electrons. The Bertz CT molecular complexity index is 1010. The molecule has 2 amide bonds. The molecule has 2 atom stereocenters. The molecule has 33 heavy (non-hydrogen) atoms. The maximum Gasteiger partial charge on any atom is 0.416 e. The van der Waals surface area contributed by atoms with Gasteiger partial charge in [-0.3, -0.25) is 9.59 Å². The van der Waals surface area contributed by atoms with Gasteiger partial charge in [0.15, 0.2) is 0 Å². The van der Waals surface area contributed by atoms with E-state index < -0.39 is 11.7 Å². The monoisotopic (exact) mass is 460 g/mol. The summed E-state index contributed by atoms with van der Waals surface area (Å²) in [6.45, 7) is 1.59. The molecule has 4 rings (SSSR count). The maximum atomic E-state index is 12.9. The van der Waals surface area contributed by atoms with Crippen LogP contribution in [0.15, 0.2) is 48.5 Å². The second-order valence-electron chi connectivity index (χ2n) is 8.67. The third-order valence-corrected chi connectivity index (χ3v) is 6.67. The highest BCUT2D eigenvalue weighted by Crippen LogP contribution is 2.33. The zero-order valence-electron chi connectivity index (χ0n) is 18.5. The summed E-state index contributed by atoms with van der Waals surface area (Å²) in [4.78, 5) is 29.2. The number of likely N-dealkylation sites (tertiary alicyclic amines) is 2. The third kappa shape index (κ3) is 5.15. The topological polar surface area (TPSA) is 49.9 Å². The van der Waals surface area contributed by atoms with E-state index in [1.807, 2.05) is 29.2 Å². The molecule has 0 N–H and O–H groups in total. The minimum atomic E-state index is -4.43. The van der Waals surface area contributed by atoms with Crippen LogP contribution in [0.1, 0.15) is 40.7 Å². The SMILES string of the molecule is COc1cccc(CCN2C(=O)CC[C@@H]3CN(C(=O)c4ccc(C(F)(F)F)cc4)CC[C@@H]32)c1. The van der Waals surface area contributed by atoms with Gasteiger partial charge in [0.25, 0.3) is 5.91 Å². The van der Waals surface area contributed by atoms with Gasteiger partial charge < -0.3 is 14.5 Å². The average molecular weight is 460 g/mol. The van der Waals surface area contributed by atoms with Gasteiger partial charge in [-0.1, -0.05) is 12.1 Å². The summed E-state index contributed by atoms with van der Waals surface area (Å²) in [6.07, 6.45) is -1.87. The van der Waals surface area contributed by atoms with E-state index in [2.05, 4.69) is 0 Å². The molecule has 2 aromatic rings. The maximum absolute atomic E-state index is 12.9. The highest BCUT2D eigenvalue weighted by molar-refractivity contribution is 5.94. The summed E-state index contributed by atoms with van der Waals surface area (Å²) in [7, 11) is 1.62. The van der Waals surface area contributed by atoms with Crippen molar-refractivity contribution in [2.75, 3.05) is 26.7 Å². The fourth-order valence-electron chi connectivity index (χ4n) is 4.89. The molecular weight excluding hydrogens is 433 g/mol. The van der Waals surface area contributed by atoms with Crippen LogP contribution in [-0.4, -0.2) is 54.4 Å². The Kier molecular flexibility index (Phi) is 6.63. The zero-order valence-corrected chi connectivity index (χ0v) is 18.5. The van der Waals surface area contributed by atoms with Crippen LogP contribution in [0.25, 0.3) is 0 Å². The van der Waals surface area contributed by atoms with Crippen LogP contribution in [0.5, 0.6) is 5.75 Å². The van der Waals surface area contributed by atoms with Gasteiger partial charge in [0, 0.05) is 37.7 Å². The molecule has 0 spiro atoms. The van der Waals surface area contributed by atoms with E-state index in [4.69, 9.17) is 4.74 Å². The van der Waals surface area contributed by atoms with E-state index >= 15 is 0 Å². The Labute approximate surface area is 191 Å². The van der Waals surface area contributed by atoms with E-state index in [1.165, 1.54) is 12.1 Å². The molecule has 2 aliphatic heterocycles. The molecule has 5 nitrogen and oxygen atoms in total. The van der Waals surface area contributed by atoms with Gasteiger partial charge in [0.05, 0.1) is 12.7 Å². The lowest BCUT2D eigenvalue weighted by Crippen LogP contribution is -2.57. The number of benzene rings is 2. The van der Waals surface area contributed by atoms with Gasteiger partial charge in [-0.2, -0.15) is 13.2 Å². The Morgan fingerprint density at radius 1 is 1.12 bits per heavy atom. The fraction of sp³-hybridized carbons (Fsp3) is 0.440. The van der Waals surface area contributed by atoms with Crippen molar-refractivity contribution in [2.45, 2.75) is 37.9 Å². The molecule has 2 aromatic carbocycles.